The fourth-order valence-electron chi connectivity index (χ4n) is 3.84. The number of hydrogen-bond donors (Lipinski definition) is 1. The number of rotatable bonds is 6. The number of hydrogen-bond acceptors (Lipinski definition) is 6. The van der Waals surface area contributed by atoms with Crippen LogP contribution < -0.4 is 5.32 Å². The van der Waals surface area contributed by atoms with Gasteiger partial charge in [-0.25, -0.2) is 8.42 Å². The fourth-order valence-corrected chi connectivity index (χ4v) is 5.26. The highest BCUT2D eigenvalue weighted by Crippen LogP contribution is 2.27. The van der Waals surface area contributed by atoms with Crippen LogP contribution >= 0.6 is 0 Å². The van der Waals surface area contributed by atoms with Gasteiger partial charge in [-0.3, -0.25) is 10.1 Å². The third-order valence-electron chi connectivity index (χ3n) is 6.03. The van der Waals surface area contributed by atoms with Crippen molar-refractivity contribution in [3.8, 4) is 11.5 Å². The third-order valence-corrected chi connectivity index (χ3v) is 7.96. The topological polar surface area (TPSA) is 105 Å². The van der Waals surface area contributed by atoms with E-state index in [1.54, 1.807) is 7.05 Å². The number of carbonyl (C=O) groups excluding carboxylic acids is 1. The summed E-state index contributed by atoms with van der Waals surface area (Å²) in [5, 5.41) is 10.4. The molecular weight excluding hydrogens is 428 g/mol. The molecule has 1 saturated carbocycles. The smallest absolute Gasteiger partial charge is 0.322 e. The molecule has 1 heterocycles. The van der Waals surface area contributed by atoms with Crippen molar-refractivity contribution in [3.05, 3.63) is 59.2 Å². The third kappa shape index (κ3) is 4.44. The van der Waals surface area contributed by atoms with E-state index < -0.39 is 15.9 Å². The van der Waals surface area contributed by atoms with Crippen molar-refractivity contribution in [2.24, 2.45) is 0 Å². The van der Waals surface area contributed by atoms with Crippen molar-refractivity contribution in [1.82, 2.24) is 14.5 Å². The number of nitrogens with zero attached hydrogens (tertiary/aromatic N) is 3. The van der Waals surface area contributed by atoms with Crippen LogP contribution in [0.1, 0.15) is 47.2 Å². The van der Waals surface area contributed by atoms with Crippen LogP contribution in [-0.4, -0.2) is 41.9 Å². The van der Waals surface area contributed by atoms with E-state index in [0.29, 0.717) is 11.5 Å². The summed E-state index contributed by atoms with van der Waals surface area (Å²) in [6, 6.07) is 11.6. The highest BCUT2D eigenvalue weighted by atomic mass is 32.2. The molecule has 4 rings (SSSR count). The lowest BCUT2D eigenvalue weighted by atomic mass is 10.1. The Kier molecular flexibility index (Phi) is 6.12. The van der Waals surface area contributed by atoms with Gasteiger partial charge in [0.05, 0.1) is 4.90 Å². The Balaban J connectivity index is 1.45. The first-order valence-electron chi connectivity index (χ1n) is 10.6. The monoisotopic (exact) mass is 454 g/mol. The zero-order chi connectivity index (χ0) is 22.9. The van der Waals surface area contributed by atoms with Gasteiger partial charge in [-0.15, -0.1) is 5.10 Å². The number of benzene rings is 2. The maximum absolute atomic E-state index is 12.9. The maximum atomic E-state index is 12.9. The first kappa shape index (κ1) is 22.2. The minimum Gasteiger partial charge on any atom is -0.403 e. The van der Waals surface area contributed by atoms with Gasteiger partial charge in [0.1, 0.15) is 0 Å². The predicted octanol–water partition coefficient (Wildman–Crippen LogP) is 4.17. The van der Waals surface area contributed by atoms with Gasteiger partial charge < -0.3 is 4.42 Å². The molecule has 2 aromatic carbocycles. The van der Waals surface area contributed by atoms with Crippen molar-refractivity contribution in [2.45, 2.75) is 50.5 Å². The molecule has 0 unspecified atom stereocenters. The number of aryl methyl sites for hydroxylation is 2. The zero-order valence-corrected chi connectivity index (χ0v) is 19.1. The number of sulfonamides is 1. The van der Waals surface area contributed by atoms with Crippen LogP contribution in [0.15, 0.2) is 51.8 Å². The molecule has 9 heteroatoms. The summed E-state index contributed by atoms with van der Waals surface area (Å²) in [5.74, 6) is -0.159. The number of aromatic nitrogens is 2. The first-order valence-corrected chi connectivity index (χ1v) is 12.0. The van der Waals surface area contributed by atoms with Crippen molar-refractivity contribution < 1.29 is 17.6 Å². The van der Waals surface area contributed by atoms with E-state index in [1.807, 2.05) is 32.0 Å². The predicted molar refractivity (Wildman–Crippen MR) is 121 cm³/mol. The minimum atomic E-state index is -3.60. The number of amides is 1. The lowest BCUT2D eigenvalue weighted by molar-refractivity contribution is 0.102. The molecule has 0 saturated heterocycles. The molecule has 8 nitrogen and oxygen atoms in total. The Morgan fingerprint density at radius 3 is 2.38 bits per heavy atom. The normalized spacial score (nSPS) is 14.8. The van der Waals surface area contributed by atoms with Gasteiger partial charge in [-0.2, -0.15) is 4.31 Å². The Bertz CT molecular complexity index is 1230. The molecule has 168 valence electrons. The highest BCUT2D eigenvalue weighted by molar-refractivity contribution is 7.89. The Morgan fingerprint density at radius 2 is 1.72 bits per heavy atom. The summed E-state index contributed by atoms with van der Waals surface area (Å²) in [6.45, 7) is 4.01. The molecule has 1 N–H and O–H groups in total. The van der Waals surface area contributed by atoms with Crippen LogP contribution in [0, 0.1) is 13.8 Å². The molecule has 3 aromatic rings. The molecule has 1 fully saturated rings. The summed E-state index contributed by atoms with van der Waals surface area (Å²) >= 11 is 0. The van der Waals surface area contributed by atoms with Gasteiger partial charge in [0.15, 0.2) is 0 Å². The minimum absolute atomic E-state index is 0.0270. The van der Waals surface area contributed by atoms with Crippen molar-refractivity contribution in [3.63, 3.8) is 0 Å². The van der Waals surface area contributed by atoms with E-state index in [1.165, 1.54) is 28.6 Å². The summed E-state index contributed by atoms with van der Waals surface area (Å²) in [5.41, 5.74) is 3.31. The molecule has 0 radical (unpaired) electrons. The van der Waals surface area contributed by atoms with Gasteiger partial charge in [-0.1, -0.05) is 24.0 Å². The molecule has 1 amide bonds. The highest BCUT2D eigenvalue weighted by Gasteiger charge is 2.30. The first-order chi connectivity index (χ1) is 15.3. The lowest BCUT2D eigenvalue weighted by Gasteiger charge is -2.23. The average Bonchev–Trinajstić information content (AvgIpc) is 3.47. The van der Waals surface area contributed by atoms with Crippen LogP contribution in [0.4, 0.5) is 6.01 Å². The Hall–Kier alpha value is -3.04. The molecule has 0 bridgehead atoms. The van der Waals surface area contributed by atoms with Gasteiger partial charge in [-0.05, 0) is 74.2 Å². The number of nitrogens with one attached hydrogen (secondary N) is 1. The number of carbonyl (C=O) groups is 1. The fraction of sp³-hybridized carbons (Fsp3) is 0.348. The van der Waals surface area contributed by atoms with E-state index in [2.05, 4.69) is 15.5 Å². The van der Waals surface area contributed by atoms with Crippen molar-refractivity contribution in [1.29, 1.82) is 0 Å². The molecular formula is C23H26N4O4S. The zero-order valence-electron chi connectivity index (χ0n) is 18.3. The van der Waals surface area contributed by atoms with Crippen molar-refractivity contribution >= 4 is 21.9 Å². The number of anilines is 1. The standard InChI is InChI=1S/C23H26N4O4S/c1-15-8-9-18(14-16(15)2)22-25-26-23(31-22)24-21(28)17-10-12-20(13-11-17)32(29,30)27(3)19-6-4-5-7-19/h8-14,19H,4-7H2,1-3H3,(H,24,26,28). The summed E-state index contributed by atoms with van der Waals surface area (Å²) in [4.78, 5) is 12.7. The van der Waals surface area contributed by atoms with Crippen LogP contribution in [0.2, 0.25) is 0 Å². The second kappa shape index (κ2) is 8.84. The van der Waals surface area contributed by atoms with Crippen LogP contribution in [0.5, 0.6) is 0 Å². The molecule has 0 aliphatic heterocycles. The Morgan fingerprint density at radius 1 is 1.03 bits per heavy atom. The molecule has 0 spiro atoms. The largest absolute Gasteiger partial charge is 0.403 e. The van der Waals surface area contributed by atoms with E-state index in [0.717, 1.165) is 42.4 Å². The summed E-state index contributed by atoms with van der Waals surface area (Å²) < 4.78 is 32.7. The summed E-state index contributed by atoms with van der Waals surface area (Å²) in [7, 11) is -1.98. The van der Waals surface area contributed by atoms with Crippen LogP contribution in [-0.2, 0) is 10.0 Å². The molecule has 1 aliphatic rings. The van der Waals surface area contributed by atoms with Crippen LogP contribution in [0.3, 0.4) is 0 Å². The Labute approximate surface area is 187 Å². The van der Waals surface area contributed by atoms with E-state index in [4.69, 9.17) is 4.42 Å². The van der Waals surface area contributed by atoms with E-state index in [-0.39, 0.29) is 17.0 Å². The second-order valence-corrected chi connectivity index (χ2v) is 10.1. The van der Waals surface area contributed by atoms with Gasteiger partial charge >= 0.3 is 6.01 Å². The van der Waals surface area contributed by atoms with Gasteiger partial charge in [0, 0.05) is 24.2 Å². The van der Waals surface area contributed by atoms with E-state index >= 15 is 0 Å². The van der Waals surface area contributed by atoms with Crippen molar-refractivity contribution in [2.75, 3.05) is 12.4 Å². The molecule has 1 aromatic heterocycles. The summed E-state index contributed by atoms with van der Waals surface area (Å²) in [6.07, 6.45) is 3.85. The second-order valence-electron chi connectivity index (χ2n) is 8.15. The lowest BCUT2D eigenvalue weighted by Crippen LogP contribution is -2.35. The average molecular weight is 455 g/mol. The van der Waals surface area contributed by atoms with Gasteiger partial charge in [0.2, 0.25) is 15.9 Å². The molecule has 32 heavy (non-hydrogen) atoms. The van der Waals surface area contributed by atoms with Crippen LogP contribution in [0.25, 0.3) is 11.5 Å². The maximum Gasteiger partial charge on any atom is 0.322 e. The molecule has 1 aliphatic carbocycles. The quantitative estimate of drug-likeness (QED) is 0.599. The van der Waals surface area contributed by atoms with Gasteiger partial charge in [0.25, 0.3) is 5.91 Å². The SMILES string of the molecule is Cc1ccc(-c2nnc(NC(=O)c3ccc(S(=O)(=O)N(C)C4CCCC4)cc3)o2)cc1C. The molecule has 0 atom stereocenters. The van der Waals surface area contributed by atoms with E-state index in [9.17, 15) is 13.2 Å².